The van der Waals surface area contributed by atoms with Gasteiger partial charge in [-0.05, 0) is 18.4 Å². The first kappa shape index (κ1) is 10.1. The largest absolute Gasteiger partial charge is 0.390 e. The summed E-state index contributed by atoms with van der Waals surface area (Å²) in [6.45, 7) is 0.785. The fourth-order valence-corrected chi connectivity index (χ4v) is 1.86. The molecule has 3 rings (SSSR count). The predicted octanol–water partition coefficient (Wildman–Crippen LogP) is 1.82. The van der Waals surface area contributed by atoms with Crippen molar-refractivity contribution in [1.82, 2.24) is 10.2 Å². The maximum atomic E-state index is 5.46. The second-order valence-electron chi connectivity index (χ2n) is 4.27. The first-order chi connectivity index (χ1) is 8.33. The minimum atomic E-state index is 0.124. The van der Waals surface area contributed by atoms with Crippen molar-refractivity contribution in [2.75, 3.05) is 10.6 Å². The molecule has 0 atom stereocenters. The average Bonchev–Trinajstić information content (AvgIpc) is 3.10. The van der Waals surface area contributed by atoms with E-state index in [9.17, 15) is 0 Å². The second-order valence-corrected chi connectivity index (χ2v) is 4.27. The molecule has 1 saturated carbocycles. The lowest BCUT2D eigenvalue weighted by Gasteiger charge is -2.19. The minimum absolute atomic E-state index is 0.124. The van der Waals surface area contributed by atoms with Crippen LogP contribution in [0.1, 0.15) is 18.4 Å². The quantitative estimate of drug-likeness (QED) is 0.867. The zero-order chi connectivity index (χ0) is 11.7. The van der Waals surface area contributed by atoms with Crippen molar-refractivity contribution >= 4 is 12.0 Å². The molecule has 0 saturated heterocycles. The van der Waals surface area contributed by atoms with Gasteiger partial charge < -0.3 is 15.1 Å². The molecule has 1 aliphatic carbocycles. The zero-order valence-electron chi connectivity index (χ0n) is 9.41. The summed E-state index contributed by atoms with van der Waals surface area (Å²) in [5, 5.41) is 7.67. The molecule has 1 aromatic carbocycles. The number of benzene rings is 1. The Morgan fingerprint density at radius 1 is 1.24 bits per heavy atom. The Morgan fingerprint density at radius 2 is 2.00 bits per heavy atom. The van der Waals surface area contributed by atoms with E-state index >= 15 is 0 Å². The summed E-state index contributed by atoms with van der Waals surface area (Å²) >= 11 is 0. The van der Waals surface area contributed by atoms with E-state index in [-0.39, 0.29) is 6.01 Å². The topological polar surface area (TPSA) is 68.2 Å². The van der Waals surface area contributed by atoms with Gasteiger partial charge in [0.15, 0.2) is 0 Å². The maximum absolute atomic E-state index is 5.46. The van der Waals surface area contributed by atoms with E-state index in [1.165, 1.54) is 18.4 Å². The number of hydrogen-bond acceptors (Lipinski definition) is 5. The lowest BCUT2D eigenvalue weighted by molar-refractivity contribution is 0.542. The van der Waals surface area contributed by atoms with Gasteiger partial charge in [-0.2, -0.15) is 0 Å². The molecule has 1 heterocycles. The third-order valence-electron chi connectivity index (χ3n) is 2.86. The van der Waals surface area contributed by atoms with Crippen LogP contribution in [0.25, 0.3) is 0 Å². The van der Waals surface area contributed by atoms with E-state index in [1.807, 2.05) is 18.2 Å². The second kappa shape index (κ2) is 4.08. The highest BCUT2D eigenvalue weighted by Gasteiger charge is 2.32. The van der Waals surface area contributed by atoms with E-state index in [0.29, 0.717) is 12.1 Å². The smallest absolute Gasteiger partial charge is 0.320 e. The molecule has 2 N–H and O–H groups in total. The zero-order valence-corrected chi connectivity index (χ0v) is 9.41. The molecule has 0 amide bonds. The lowest BCUT2D eigenvalue weighted by atomic mass is 10.2. The summed E-state index contributed by atoms with van der Waals surface area (Å²) in [5.74, 6) is 0. The van der Waals surface area contributed by atoms with Crippen LogP contribution in [0.5, 0.6) is 0 Å². The van der Waals surface area contributed by atoms with E-state index in [4.69, 9.17) is 10.2 Å². The van der Waals surface area contributed by atoms with Crippen LogP contribution in [0.15, 0.2) is 34.7 Å². The first-order valence-corrected chi connectivity index (χ1v) is 5.72. The summed E-state index contributed by atoms with van der Waals surface area (Å²) in [6, 6.07) is 11.4. The van der Waals surface area contributed by atoms with Gasteiger partial charge in [0.1, 0.15) is 0 Å². The van der Waals surface area contributed by atoms with Gasteiger partial charge in [0.2, 0.25) is 0 Å². The van der Waals surface area contributed by atoms with Crippen molar-refractivity contribution in [3.05, 3.63) is 35.9 Å². The van der Waals surface area contributed by atoms with Crippen molar-refractivity contribution in [3.8, 4) is 0 Å². The lowest BCUT2D eigenvalue weighted by Crippen LogP contribution is -2.25. The Hall–Kier alpha value is -2.04. The van der Waals surface area contributed by atoms with Gasteiger partial charge in [0.05, 0.1) is 0 Å². The van der Waals surface area contributed by atoms with Crippen LogP contribution in [-0.2, 0) is 6.54 Å². The Labute approximate surface area is 99.2 Å². The van der Waals surface area contributed by atoms with Gasteiger partial charge in [-0.25, -0.2) is 0 Å². The number of nitrogen functional groups attached to an aromatic ring is 1. The first-order valence-electron chi connectivity index (χ1n) is 5.72. The molecule has 0 unspecified atom stereocenters. The van der Waals surface area contributed by atoms with Crippen LogP contribution in [0.3, 0.4) is 0 Å². The SMILES string of the molecule is Nc1nnc(N(Cc2ccccc2)C2CC2)o1. The molecule has 0 radical (unpaired) electrons. The summed E-state index contributed by atoms with van der Waals surface area (Å²) in [6.07, 6.45) is 2.35. The highest BCUT2D eigenvalue weighted by molar-refractivity contribution is 5.34. The highest BCUT2D eigenvalue weighted by atomic mass is 16.4. The van der Waals surface area contributed by atoms with E-state index in [0.717, 1.165) is 6.54 Å². The van der Waals surface area contributed by atoms with Gasteiger partial charge in [0.25, 0.3) is 0 Å². The molecule has 0 bridgehead atoms. The van der Waals surface area contributed by atoms with Crippen molar-refractivity contribution in [3.63, 3.8) is 0 Å². The Balaban J connectivity index is 1.81. The fraction of sp³-hybridized carbons (Fsp3) is 0.333. The van der Waals surface area contributed by atoms with Crippen LogP contribution < -0.4 is 10.6 Å². The normalized spacial score (nSPS) is 14.8. The predicted molar refractivity (Wildman–Crippen MR) is 64.4 cm³/mol. The Bertz CT molecular complexity index is 492. The molecule has 1 aliphatic rings. The number of nitrogens with two attached hydrogens (primary N) is 1. The van der Waals surface area contributed by atoms with Crippen LogP contribution in [0.2, 0.25) is 0 Å². The summed E-state index contributed by atoms with van der Waals surface area (Å²) in [7, 11) is 0. The number of rotatable bonds is 4. The number of hydrogen-bond donors (Lipinski definition) is 1. The van der Waals surface area contributed by atoms with E-state index < -0.39 is 0 Å². The van der Waals surface area contributed by atoms with Gasteiger partial charge >= 0.3 is 12.0 Å². The molecule has 2 aromatic rings. The van der Waals surface area contributed by atoms with Crippen molar-refractivity contribution < 1.29 is 4.42 Å². The van der Waals surface area contributed by atoms with Crippen LogP contribution in [0.4, 0.5) is 12.0 Å². The Kier molecular flexibility index (Phi) is 2.44. The molecular formula is C12H14N4O. The number of anilines is 2. The van der Waals surface area contributed by atoms with Crippen LogP contribution in [-0.4, -0.2) is 16.2 Å². The van der Waals surface area contributed by atoms with Crippen molar-refractivity contribution in [1.29, 1.82) is 0 Å². The van der Waals surface area contributed by atoms with Gasteiger partial charge in [-0.3, -0.25) is 0 Å². The van der Waals surface area contributed by atoms with E-state index in [2.05, 4.69) is 27.2 Å². The summed E-state index contributed by atoms with van der Waals surface area (Å²) in [5.41, 5.74) is 6.70. The fourth-order valence-electron chi connectivity index (χ4n) is 1.86. The van der Waals surface area contributed by atoms with Gasteiger partial charge in [-0.1, -0.05) is 40.5 Å². The maximum Gasteiger partial charge on any atom is 0.320 e. The number of aromatic nitrogens is 2. The average molecular weight is 230 g/mol. The van der Waals surface area contributed by atoms with Crippen LogP contribution >= 0.6 is 0 Å². The van der Waals surface area contributed by atoms with E-state index in [1.54, 1.807) is 0 Å². The molecule has 0 aliphatic heterocycles. The third-order valence-corrected chi connectivity index (χ3v) is 2.86. The molecule has 0 spiro atoms. The molecule has 1 fully saturated rings. The summed E-state index contributed by atoms with van der Waals surface area (Å²) < 4.78 is 5.30. The molecule has 1 aromatic heterocycles. The molecule has 88 valence electrons. The molecular weight excluding hydrogens is 216 g/mol. The van der Waals surface area contributed by atoms with Crippen molar-refractivity contribution in [2.24, 2.45) is 0 Å². The van der Waals surface area contributed by atoms with Gasteiger partial charge in [0, 0.05) is 12.6 Å². The summed E-state index contributed by atoms with van der Waals surface area (Å²) in [4.78, 5) is 2.12. The standard InChI is InChI=1S/C12H14N4O/c13-11-14-15-12(17-11)16(10-6-7-10)8-9-4-2-1-3-5-9/h1-5,10H,6-8H2,(H2,13,14). The molecule has 5 nitrogen and oxygen atoms in total. The molecule has 5 heteroatoms. The highest BCUT2D eigenvalue weighted by Crippen LogP contribution is 2.32. The minimum Gasteiger partial charge on any atom is -0.390 e. The van der Waals surface area contributed by atoms with Crippen LogP contribution in [0, 0.1) is 0 Å². The monoisotopic (exact) mass is 230 g/mol. The number of nitrogens with zero attached hydrogens (tertiary/aromatic N) is 3. The Morgan fingerprint density at radius 3 is 2.59 bits per heavy atom. The third kappa shape index (κ3) is 2.22. The van der Waals surface area contributed by atoms with Gasteiger partial charge in [-0.15, -0.1) is 0 Å². The van der Waals surface area contributed by atoms with Crippen molar-refractivity contribution in [2.45, 2.75) is 25.4 Å². The molecule has 17 heavy (non-hydrogen) atoms.